The third kappa shape index (κ3) is 3.48. The number of aliphatic hydroxyl groups is 1. The predicted octanol–water partition coefficient (Wildman–Crippen LogP) is 3.04. The van der Waals surface area contributed by atoms with Crippen molar-refractivity contribution in [2.45, 2.75) is 31.0 Å². The van der Waals surface area contributed by atoms with Crippen LogP contribution in [-0.4, -0.2) is 24.4 Å². The summed E-state index contributed by atoms with van der Waals surface area (Å²) in [6.07, 6.45) is -2.36. The molecule has 1 atom stereocenters. The van der Waals surface area contributed by atoms with Crippen molar-refractivity contribution in [2.24, 2.45) is 5.92 Å². The summed E-state index contributed by atoms with van der Waals surface area (Å²) in [5, 5.41) is 10.5. The van der Waals surface area contributed by atoms with Crippen LogP contribution in [0.4, 0.5) is 13.2 Å². The Morgan fingerprint density at radius 1 is 1.32 bits per heavy atom. The van der Waals surface area contributed by atoms with Crippen LogP contribution in [0, 0.1) is 5.92 Å². The second-order valence-corrected chi connectivity index (χ2v) is 5.19. The van der Waals surface area contributed by atoms with Crippen LogP contribution < -0.4 is 0 Å². The number of methoxy groups -OCH3 is 1. The molecule has 1 unspecified atom stereocenters. The molecule has 0 bridgehead atoms. The molecule has 19 heavy (non-hydrogen) atoms. The highest BCUT2D eigenvalue weighted by atomic mass is 19.4. The number of benzene rings is 1. The monoisotopic (exact) mass is 274 g/mol. The fraction of sp³-hybridized carbons (Fsp3) is 0.571. The molecule has 0 spiro atoms. The van der Waals surface area contributed by atoms with E-state index in [0.717, 1.165) is 25.0 Å². The highest BCUT2D eigenvalue weighted by Gasteiger charge is 2.44. The molecule has 106 valence electrons. The van der Waals surface area contributed by atoms with Crippen LogP contribution in [0.1, 0.15) is 24.0 Å². The zero-order valence-electron chi connectivity index (χ0n) is 10.7. The molecular weight excluding hydrogens is 257 g/mol. The van der Waals surface area contributed by atoms with Gasteiger partial charge in [-0.2, -0.15) is 13.2 Å². The van der Waals surface area contributed by atoms with Crippen LogP contribution >= 0.6 is 0 Å². The SMILES string of the molecule is COCC(O)(Cc1cccc(C(F)(F)F)c1)C1CC1. The maximum Gasteiger partial charge on any atom is 0.416 e. The normalized spacial score (nSPS) is 19.2. The van der Waals surface area contributed by atoms with Gasteiger partial charge in [0.15, 0.2) is 0 Å². The zero-order chi connectivity index (χ0) is 14.1. The Kier molecular flexibility index (Phi) is 3.87. The number of halogens is 3. The summed E-state index contributed by atoms with van der Waals surface area (Å²) in [6.45, 7) is 0.147. The second-order valence-electron chi connectivity index (χ2n) is 5.19. The van der Waals surface area contributed by atoms with E-state index in [2.05, 4.69) is 0 Å². The molecular formula is C14H17F3O2. The summed E-state index contributed by atoms with van der Waals surface area (Å²) in [5.41, 5.74) is -1.25. The summed E-state index contributed by atoms with van der Waals surface area (Å²) in [6, 6.07) is 5.12. The molecule has 2 nitrogen and oxygen atoms in total. The topological polar surface area (TPSA) is 29.5 Å². The van der Waals surface area contributed by atoms with Gasteiger partial charge in [-0.1, -0.05) is 18.2 Å². The fourth-order valence-corrected chi connectivity index (χ4v) is 2.39. The van der Waals surface area contributed by atoms with Gasteiger partial charge in [0, 0.05) is 13.5 Å². The standard InChI is InChI=1S/C14H17F3O2/c1-19-9-13(18,11-5-6-11)8-10-3-2-4-12(7-10)14(15,16)17/h2-4,7,11,18H,5-6,8-9H2,1H3. The molecule has 0 radical (unpaired) electrons. The number of hydrogen-bond donors (Lipinski definition) is 1. The quantitative estimate of drug-likeness (QED) is 0.894. The Morgan fingerprint density at radius 3 is 2.53 bits per heavy atom. The summed E-state index contributed by atoms with van der Waals surface area (Å²) in [7, 11) is 1.49. The Labute approximate surface area is 110 Å². The summed E-state index contributed by atoms with van der Waals surface area (Å²) in [4.78, 5) is 0. The van der Waals surface area contributed by atoms with Gasteiger partial charge in [0.2, 0.25) is 0 Å². The minimum Gasteiger partial charge on any atom is -0.387 e. The smallest absolute Gasteiger partial charge is 0.387 e. The van der Waals surface area contributed by atoms with E-state index in [4.69, 9.17) is 4.74 Å². The van der Waals surface area contributed by atoms with Crippen LogP contribution in [0.5, 0.6) is 0 Å². The lowest BCUT2D eigenvalue weighted by molar-refractivity contribution is -0.137. The molecule has 0 saturated heterocycles. The van der Waals surface area contributed by atoms with Crippen molar-refractivity contribution in [3.63, 3.8) is 0 Å². The van der Waals surface area contributed by atoms with Crippen LogP contribution in [0.2, 0.25) is 0 Å². The van der Waals surface area contributed by atoms with Crippen LogP contribution in [0.15, 0.2) is 24.3 Å². The van der Waals surface area contributed by atoms with E-state index < -0.39 is 17.3 Å². The van der Waals surface area contributed by atoms with E-state index in [1.807, 2.05) is 0 Å². The van der Waals surface area contributed by atoms with Crippen molar-refractivity contribution in [3.8, 4) is 0 Å². The number of rotatable bonds is 5. The summed E-state index contributed by atoms with van der Waals surface area (Å²) >= 11 is 0. The minimum absolute atomic E-state index is 0.127. The largest absolute Gasteiger partial charge is 0.416 e. The molecule has 1 aliphatic rings. The molecule has 1 aromatic carbocycles. The highest BCUT2D eigenvalue weighted by molar-refractivity contribution is 5.27. The molecule has 0 aromatic heterocycles. The number of ether oxygens (including phenoxy) is 1. The molecule has 1 aliphatic carbocycles. The van der Waals surface area contributed by atoms with Gasteiger partial charge in [0.25, 0.3) is 0 Å². The molecule has 5 heteroatoms. The first-order valence-corrected chi connectivity index (χ1v) is 6.22. The van der Waals surface area contributed by atoms with Crippen molar-refractivity contribution in [1.29, 1.82) is 0 Å². The number of alkyl halides is 3. The molecule has 1 fully saturated rings. The maximum atomic E-state index is 12.6. The average molecular weight is 274 g/mol. The Balaban J connectivity index is 2.17. The Morgan fingerprint density at radius 2 is 2.00 bits per heavy atom. The summed E-state index contributed by atoms with van der Waals surface area (Å²) < 4.78 is 42.9. The van der Waals surface area contributed by atoms with Gasteiger partial charge < -0.3 is 9.84 Å². The van der Waals surface area contributed by atoms with E-state index in [9.17, 15) is 18.3 Å². The lowest BCUT2D eigenvalue weighted by Gasteiger charge is -2.27. The molecule has 0 heterocycles. The first-order valence-electron chi connectivity index (χ1n) is 6.22. The van der Waals surface area contributed by atoms with E-state index in [0.29, 0.717) is 5.56 Å². The van der Waals surface area contributed by atoms with Gasteiger partial charge in [0.1, 0.15) is 0 Å². The first-order chi connectivity index (χ1) is 8.85. The van der Waals surface area contributed by atoms with Gasteiger partial charge in [-0.3, -0.25) is 0 Å². The van der Waals surface area contributed by atoms with Gasteiger partial charge in [0.05, 0.1) is 17.8 Å². The predicted molar refractivity (Wildman–Crippen MR) is 64.7 cm³/mol. The molecule has 1 aromatic rings. The lowest BCUT2D eigenvalue weighted by Crippen LogP contribution is -2.39. The Bertz CT molecular complexity index is 441. The van der Waals surface area contributed by atoms with Gasteiger partial charge in [-0.15, -0.1) is 0 Å². The van der Waals surface area contributed by atoms with Crippen LogP contribution in [0.3, 0.4) is 0 Å². The van der Waals surface area contributed by atoms with Crippen molar-refractivity contribution in [3.05, 3.63) is 35.4 Å². The fourth-order valence-electron chi connectivity index (χ4n) is 2.39. The molecule has 1 saturated carbocycles. The zero-order valence-corrected chi connectivity index (χ0v) is 10.7. The van der Waals surface area contributed by atoms with Crippen molar-refractivity contribution >= 4 is 0 Å². The van der Waals surface area contributed by atoms with E-state index >= 15 is 0 Å². The van der Waals surface area contributed by atoms with E-state index in [1.54, 1.807) is 6.07 Å². The van der Waals surface area contributed by atoms with Gasteiger partial charge >= 0.3 is 6.18 Å². The van der Waals surface area contributed by atoms with Crippen LogP contribution in [-0.2, 0) is 17.3 Å². The number of hydrogen-bond acceptors (Lipinski definition) is 2. The molecule has 0 aliphatic heterocycles. The van der Waals surface area contributed by atoms with Crippen LogP contribution in [0.25, 0.3) is 0 Å². The molecule has 2 rings (SSSR count). The second kappa shape index (κ2) is 5.13. The average Bonchev–Trinajstić information content (AvgIpc) is 3.12. The van der Waals surface area contributed by atoms with E-state index in [-0.39, 0.29) is 18.9 Å². The molecule has 1 N–H and O–H groups in total. The third-order valence-corrected chi connectivity index (χ3v) is 3.50. The van der Waals surface area contributed by atoms with Crippen molar-refractivity contribution < 1.29 is 23.0 Å². The minimum atomic E-state index is -4.35. The maximum absolute atomic E-state index is 12.6. The molecule has 0 amide bonds. The van der Waals surface area contributed by atoms with Gasteiger partial charge in [-0.05, 0) is 30.4 Å². The third-order valence-electron chi connectivity index (χ3n) is 3.50. The van der Waals surface area contributed by atoms with Gasteiger partial charge in [-0.25, -0.2) is 0 Å². The van der Waals surface area contributed by atoms with E-state index in [1.165, 1.54) is 13.2 Å². The van der Waals surface area contributed by atoms with Crippen molar-refractivity contribution in [2.75, 3.05) is 13.7 Å². The first kappa shape index (κ1) is 14.3. The summed E-state index contributed by atoms with van der Waals surface area (Å²) in [5.74, 6) is 0.127. The van der Waals surface area contributed by atoms with Crippen molar-refractivity contribution in [1.82, 2.24) is 0 Å². The lowest BCUT2D eigenvalue weighted by atomic mass is 9.90. The Hall–Kier alpha value is -1.07. The highest BCUT2D eigenvalue weighted by Crippen LogP contribution is 2.42.